The second kappa shape index (κ2) is 18.4. The minimum atomic E-state index is -1.10. The fourth-order valence-corrected chi connectivity index (χ4v) is 6.87. The molecule has 0 aromatic carbocycles. The Hall–Kier alpha value is -2.52. The van der Waals surface area contributed by atoms with Crippen molar-refractivity contribution in [2.45, 2.75) is 122 Å². The number of hydrogen-bond donors (Lipinski definition) is 3. The van der Waals surface area contributed by atoms with Crippen LogP contribution >= 0.6 is 0 Å². The number of aliphatic hydroxyl groups is 2. The summed E-state index contributed by atoms with van der Waals surface area (Å²) in [6, 6.07) is 4.91. The summed E-state index contributed by atoms with van der Waals surface area (Å²) in [4.78, 5) is 48.3. The second-order valence-electron chi connectivity index (χ2n) is 14.0. The number of carbonyl (C=O) groups is 3. The molecule has 0 aliphatic heterocycles. The summed E-state index contributed by atoms with van der Waals surface area (Å²) in [5.41, 5.74) is 0.702. The predicted molar refractivity (Wildman–Crippen MR) is 172 cm³/mol. The molecule has 0 saturated heterocycles. The quantitative estimate of drug-likeness (QED) is 0.255. The Morgan fingerprint density at radius 2 is 1.57 bits per heavy atom. The Labute approximate surface area is 265 Å². The van der Waals surface area contributed by atoms with E-state index in [0.717, 1.165) is 51.4 Å². The Morgan fingerprint density at radius 3 is 2.14 bits per heavy atom. The van der Waals surface area contributed by atoms with Gasteiger partial charge in [-0.1, -0.05) is 71.3 Å². The van der Waals surface area contributed by atoms with Gasteiger partial charge in [0.1, 0.15) is 6.10 Å². The number of aromatic nitrogens is 1. The molecule has 3 N–H and O–H groups in total. The maximum Gasteiger partial charge on any atom is 0.241 e. The molecule has 3 amide bonds. The number of amides is 3. The molecule has 9 nitrogen and oxygen atoms in total. The molecule has 1 aromatic heterocycles. The fraction of sp³-hybridized carbons (Fsp3) is 0.771. The molecule has 3 rings (SSSR count). The van der Waals surface area contributed by atoms with Crippen molar-refractivity contribution in [3.8, 4) is 0 Å². The van der Waals surface area contributed by atoms with Crippen molar-refractivity contribution in [1.29, 1.82) is 0 Å². The third-order valence-electron chi connectivity index (χ3n) is 9.51. The first-order valence-corrected chi connectivity index (χ1v) is 17.1. The van der Waals surface area contributed by atoms with Crippen LogP contribution in [0.2, 0.25) is 0 Å². The van der Waals surface area contributed by atoms with Crippen LogP contribution in [0, 0.1) is 23.7 Å². The van der Waals surface area contributed by atoms with Gasteiger partial charge < -0.3 is 25.3 Å². The number of aliphatic hydroxyl groups excluding tert-OH is 2. The van der Waals surface area contributed by atoms with Crippen molar-refractivity contribution in [3.63, 3.8) is 0 Å². The van der Waals surface area contributed by atoms with Gasteiger partial charge in [0.15, 0.2) is 0 Å². The lowest BCUT2D eigenvalue weighted by Gasteiger charge is -2.34. The lowest BCUT2D eigenvalue weighted by Crippen LogP contribution is -2.52. The van der Waals surface area contributed by atoms with Crippen LogP contribution < -0.4 is 5.32 Å². The molecular weight excluding hydrogens is 556 g/mol. The van der Waals surface area contributed by atoms with E-state index in [1.54, 1.807) is 25.2 Å². The van der Waals surface area contributed by atoms with Gasteiger partial charge in [-0.2, -0.15) is 0 Å². The highest BCUT2D eigenvalue weighted by atomic mass is 16.3. The molecule has 4 atom stereocenters. The van der Waals surface area contributed by atoms with Gasteiger partial charge in [-0.05, 0) is 55.6 Å². The van der Waals surface area contributed by atoms with Crippen LogP contribution in [0.25, 0.3) is 0 Å². The first kappa shape index (κ1) is 36.0. The third kappa shape index (κ3) is 12.1. The van der Waals surface area contributed by atoms with E-state index in [1.807, 2.05) is 32.0 Å². The number of rotatable bonds is 16. The van der Waals surface area contributed by atoms with Crippen LogP contribution in [0.5, 0.6) is 0 Å². The van der Waals surface area contributed by atoms with Crippen molar-refractivity contribution < 1.29 is 24.6 Å². The summed E-state index contributed by atoms with van der Waals surface area (Å²) in [7, 11) is 3.38. The van der Waals surface area contributed by atoms with E-state index in [9.17, 15) is 24.6 Å². The average molecular weight is 615 g/mol. The van der Waals surface area contributed by atoms with Gasteiger partial charge in [0.05, 0.1) is 24.6 Å². The van der Waals surface area contributed by atoms with Crippen LogP contribution in [0.4, 0.5) is 0 Å². The smallest absolute Gasteiger partial charge is 0.241 e. The van der Waals surface area contributed by atoms with Gasteiger partial charge in [-0.25, -0.2) is 0 Å². The van der Waals surface area contributed by atoms with Crippen molar-refractivity contribution in [2.75, 3.05) is 27.2 Å². The zero-order chi connectivity index (χ0) is 32.1. The molecule has 9 heteroatoms. The fourth-order valence-electron chi connectivity index (χ4n) is 6.87. The van der Waals surface area contributed by atoms with Crippen LogP contribution in [0.3, 0.4) is 0 Å². The van der Waals surface area contributed by atoms with E-state index in [1.165, 1.54) is 17.7 Å². The van der Waals surface area contributed by atoms with E-state index in [-0.39, 0.29) is 43.0 Å². The first-order chi connectivity index (χ1) is 21.0. The number of likely N-dealkylation sites (N-methyl/N-ethyl adjacent to an activating group) is 1. The number of nitrogens with zero attached hydrogens (tertiary/aromatic N) is 3. The van der Waals surface area contributed by atoms with Crippen LogP contribution in [-0.2, 0) is 20.8 Å². The summed E-state index contributed by atoms with van der Waals surface area (Å²) < 4.78 is 0. The number of pyridine rings is 1. The zero-order valence-corrected chi connectivity index (χ0v) is 27.6. The zero-order valence-electron chi connectivity index (χ0n) is 27.6. The van der Waals surface area contributed by atoms with Crippen molar-refractivity contribution in [3.05, 3.63) is 30.1 Å². The second-order valence-corrected chi connectivity index (χ2v) is 14.0. The normalized spacial score (nSPS) is 19.2. The maximum absolute atomic E-state index is 14.0. The summed E-state index contributed by atoms with van der Waals surface area (Å²) in [6.45, 7) is 4.50. The highest BCUT2D eigenvalue weighted by Crippen LogP contribution is 2.30. The Kier molecular flexibility index (Phi) is 15.1. The first-order valence-electron chi connectivity index (χ1n) is 17.1. The number of hydrogen-bond acceptors (Lipinski definition) is 6. The minimum absolute atomic E-state index is 0.00925. The Morgan fingerprint density at radius 1 is 0.932 bits per heavy atom. The largest absolute Gasteiger partial charge is 0.390 e. The van der Waals surface area contributed by atoms with Gasteiger partial charge in [-0.3, -0.25) is 19.4 Å². The van der Waals surface area contributed by atoms with Crippen molar-refractivity contribution >= 4 is 17.7 Å². The molecule has 2 saturated carbocycles. The molecule has 2 aliphatic rings. The van der Waals surface area contributed by atoms with E-state index < -0.39 is 24.2 Å². The van der Waals surface area contributed by atoms with E-state index in [2.05, 4.69) is 10.3 Å². The lowest BCUT2D eigenvalue weighted by molar-refractivity contribution is -0.142. The van der Waals surface area contributed by atoms with Gasteiger partial charge in [0.2, 0.25) is 17.7 Å². The average Bonchev–Trinajstić information content (AvgIpc) is 3.00. The molecule has 2 aliphatic carbocycles. The van der Waals surface area contributed by atoms with Crippen molar-refractivity contribution in [2.24, 2.45) is 23.7 Å². The Balaban J connectivity index is 1.82. The molecule has 0 unspecified atom stereocenters. The van der Waals surface area contributed by atoms with Crippen LogP contribution in [0.1, 0.15) is 103 Å². The van der Waals surface area contributed by atoms with Gasteiger partial charge >= 0.3 is 0 Å². The van der Waals surface area contributed by atoms with Crippen molar-refractivity contribution in [1.82, 2.24) is 20.1 Å². The molecule has 248 valence electrons. The van der Waals surface area contributed by atoms with Gasteiger partial charge in [-0.15, -0.1) is 0 Å². The van der Waals surface area contributed by atoms with Crippen LogP contribution in [-0.4, -0.2) is 88.2 Å². The molecule has 0 spiro atoms. The molecule has 0 radical (unpaired) electrons. The summed E-state index contributed by atoms with van der Waals surface area (Å²) in [5.74, 6) is -0.501. The van der Waals surface area contributed by atoms with E-state index >= 15 is 0 Å². The van der Waals surface area contributed by atoms with Gasteiger partial charge in [0.25, 0.3) is 0 Å². The summed E-state index contributed by atoms with van der Waals surface area (Å²) >= 11 is 0. The SMILES string of the molecule is CC(C)C[C@H](O)[C@H](O)[C@H](CC1CCCCC1)NC(=O)[C@@H](CC(=O)N(CC(=O)N(C)C)CC1CCCCC1)Cc1ccccn1. The maximum atomic E-state index is 14.0. The lowest BCUT2D eigenvalue weighted by atomic mass is 9.82. The summed E-state index contributed by atoms with van der Waals surface area (Å²) in [6.07, 6.45) is 12.0. The third-order valence-corrected chi connectivity index (χ3v) is 9.51. The molecule has 1 heterocycles. The highest BCUT2D eigenvalue weighted by Gasteiger charge is 2.34. The van der Waals surface area contributed by atoms with Gasteiger partial charge in [0, 0.05) is 45.4 Å². The van der Waals surface area contributed by atoms with E-state index in [4.69, 9.17) is 0 Å². The molecule has 0 bridgehead atoms. The van der Waals surface area contributed by atoms with E-state index in [0.29, 0.717) is 36.9 Å². The standard InChI is InChI=1S/C35H58N4O5/c1-25(2)19-31(40)34(43)30(20-26-13-7-5-8-14-26)37-35(44)28(21-29-17-11-12-18-36-29)22-32(41)39(24-33(42)38(3)4)23-27-15-9-6-10-16-27/h11-12,17-18,25-28,30-31,34,40,43H,5-10,13-16,19-24H2,1-4H3,(H,37,44)/t28-,30+,31+,34-/m1/s1. The highest BCUT2D eigenvalue weighted by molar-refractivity contribution is 5.88. The molecule has 1 aromatic rings. The molecule has 44 heavy (non-hydrogen) atoms. The van der Waals surface area contributed by atoms with Crippen LogP contribution in [0.15, 0.2) is 24.4 Å². The monoisotopic (exact) mass is 614 g/mol. The molecule has 2 fully saturated rings. The molecular formula is C35H58N4O5. The Bertz CT molecular complexity index is 1010. The predicted octanol–water partition coefficient (Wildman–Crippen LogP) is 4.35. The topological polar surface area (TPSA) is 123 Å². The summed E-state index contributed by atoms with van der Waals surface area (Å²) in [5, 5.41) is 25.3. The minimum Gasteiger partial charge on any atom is -0.390 e. The number of carbonyl (C=O) groups excluding carboxylic acids is 3. The number of nitrogens with one attached hydrogen (secondary N) is 1.